The number of nitrogen functional groups attached to an aromatic ring is 1. The minimum absolute atomic E-state index is 0.00652. The van der Waals surface area contributed by atoms with Crippen molar-refractivity contribution in [3.63, 3.8) is 0 Å². The van der Waals surface area contributed by atoms with E-state index in [-0.39, 0.29) is 5.91 Å². The van der Waals surface area contributed by atoms with Crippen molar-refractivity contribution in [3.05, 3.63) is 30.0 Å². The molecule has 1 aromatic carbocycles. The number of benzene rings is 1. The molecule has 1 heterocycles. The summed E-state index contributed by atoms with van der Waals surface area (Å²) in [5, 5.41) is 0.864. The number of carbonyl (C=O) groups is 1. The molecule has 0 saturated heterocycles. The van der Waals surface area contributed by atoms with Crippen LogP contribution in [-0.2, 0) is 4.74 Å². The van der Waals surface area contributed by atoms with E-state index in [0.717, 1.165) is 17.3 Å². The molecule has 1 amide bonds. The van der Waals surface area contributed by atoms with Crippen LogP contribution in [0.15, 0.2) is 24.4 Å². The van der Waals surface area contributed by atoms with Crippen LogP contribution in [0.1, 0.15) is 16.8 Å². The van der Waals surface area contributed by atoms with Gasteiger partial charge in [-0.2, -0.15) is 0 Å². The first-order chi connectivity index (χ1) is 9.13. The van der Waals surface area contributed by atoms with Gasteiger partial charge in [-0.3, -0.25) is 4.79 Å². The largest absolute Gasteiger partial charge is 0.399 e. The van der Waals surface area contributed by atoms with E-state index in [4.69, 9.17) is 10.5 Å². The Morgan fingerprint density at radius 2 is 2.26 bits per heavy atom. The third-order valence-electron chi connectivity index (χ3n) is 3.12. The van der Waals surface area contributed by atoms with Crippen LogP contribution in [0.4, 0.5) is 5.69 Å². The third kappa shape index (κ3) is 2.88. The number of ether oxygens (including phenoxy) is 1. The Balaban J connectivity index is 2.19. The van der Waals surface area contributed by atoms with Gasteiger partial charge in [-0.1, -0.05) is 0 Å². The number of carbonyl (C=O) groups excluding carboxylic acids is 1. The van der Waals surface area contributed by atoms with E-state index in [1.54, 1.807) is 25.3 Å². The standard InChI is InChI=1S/C14H19N3O2/c1-17(6-3-7-19-2)14(18)12-9-16-13-5-4-10(15)8-11(12)13/h4-5,8-9,16H,3,6-7,15H2,1-2H3. The summed E-state index contributed by atoms with van der Waals surface area (Å²) in [7, 11) is 3.45. The fourth-order valence-corrected chi connectivity index (χ4v) is 2.07. The van der Waals surface area contributed by atoms with Crippen LogP contribution in [0.25, 0.3) is 10.9 Å². The van der Waals surface area contributed by atoms with Crippen LogP contribution in [0, 0.1) is 0 Å². The van der Waals surface area contributed by atoms with Gasteiger partial charge in [0.05, 0.1) is 5.56 Å². The maximum Gasteiger partial charge on any atom is 0.255 e. The van der Waals surface area contributed by atoms with Gasteiger partial charge in [0.15, 0.2) is 0 Å². The summed E-state index contributed by atoms with van der Waals surface area (Å²) in [6.45, 7) is 1.32. The highest BCUT2D eigenvalue weighted by Crippen LogP contribution is 2.22. The van der Waals surface area contributed by atoms with Crippen LogP contribution in [-0.4, -0.2) is 43.1 Å². The quantitative estimate of drug-likeness (QED) is 0.637. The highest BCUT2D eigenvalue weighted by atomic mass is 16.5. The Morgan fingerprint density at radius 3 is 3.00 bits per heavy atom. The lowest BCUT2D eigenvalue weighted by molar-refractivity contribution is 0.0781. The average Bonchev–Trinajstić information content (AvgIpc) is 2.80. The second kappa shape index (κ2) is 5.75. The third-order valence-corrected chi connectivity index (χ3v) is 3.12. The summed E-state index contributed by atoms with van der Waals surface area (Å²) in [4.78, 5) is 17.1. The number of aromatic nitrogens is 1. The summed E-state index contributed by atoms with van der Waals surface area (Å²) in [6.07, 6.45) is 2.56. The first-order valence-electron chi connectivity index (χ1n) is 6.24. The first kappa shape index (κ1) is 13.4. The Bertz CT molecular complexity index is 577. The van der Waals surface area contributed by atoms with Crippen molar-refractivity contribution in [1.82, 2.24) is 9.88 Å². The zero-order valence-corrected chi connectivity index (χ0v) is 11.3. The van der Waals surface area contributed by atoms with Gasteiger partial charge in [0.25, 0.3) is 5.91 Å². The molecule has 102 valence electrons. The fraction of sp³-hybridized carbons (Fsp3) is 0.357. The lowest BCUT2D eigenvalue weighted by Gasteiger charge is -2.16. The van der Waals surface area contributed by atoms with E-state index in [9.17, 15) is 4.79 Å². The SMILES string of the molecule is COCCCN(C)C(=O)c1c[nH]c2ccc(N)cc12. The van der Waals surface area contributed by atoms with Crippen molar-refractivity contribution in [1.29, 1.82) is 0 Å². The van der Waals surface area contributed by atoms with Crippen molar-refractivity contribution >= 4 is 22.5 Å². The number of hydrogen-bond donors (Lipinski definition) is 2. The molecule has 0 unspecified atom stereocenters. The summed E-state index contributed by atoms with van der Waals surface area (Å²) < 4.78 is 4.99. The monoisotopic (exact) mass is 261 g/mol. The molecule has 3 N–H and O–H groups in total. The zero-order chi connectivity index (χ0) is 13.8. The lowest BCUT2D eigenvalue weighted by Crippen LogP contribution is -2.28. The van der Waals surface area contributed by atoms with Gasteiger partial charge in [-0.05, 0) is 24.6 Å². The fourth-order valence-electron chi connectivity index (χ4n) is 2.07. The van der Waals surface area contributed by atoms with Crippen molar-refractivity contribution in [2.45, 2.75) is 6.42 Å². The second-order valence-electron chi connectivity index (χ2n) is 4.58. The van der Waals surface area contributed by atoms with E-state index in [1.807, 2.05) is 18.2 Å². The Hall–Kier alpha value is -2.01. The van der Waals surface area contributed by atoms with E-state index < -0.39 is 0 Å². The number of nitrogens with two attached hydrogens (primary N) is 1. The number of rotatable bonds is 5. The Labute approximate surface area is 112 Å². The summed E-state index contributed by atoms with van der Waals surface area (Å²) >= 11 is 0. The van der Waals surface area contributed by atoms with Gasteiger partial charge >= 0.3 is 0 Å². The Morgan fingerprint density at radius 1 is 1.47 bits per heavy atom. The zero-order valence-electron chi connectivity index (χ0n) is 11.3. The maximum absolute atomic E-state index is 12.3. The number of hydrogen-bond acceptors (Lipinski definition) is 3. The first-order valence-corrected chi connectivity index (χ1v) is 6.24. The van der Waals surface area contributed by atoms with E-state index in [2.05, 4.69) is 4.98 Å². The molecular weight excluding hydrogens is 242 g/mol. The predicted octanol–water partition coefficient (Wildman–Crippen LogP) is 1.86. The summed E-state index contributed by atoms with van der Waals surface area (Å²) in [6, 6.07) is 5.52. The molecular formula is C14H19N3O2. The minimum Gasteiger partial charge on any atom is -0.399 e. The normalized spacial score (nSPS) is 10.8. The number of H-pyrrole nitrogens is 1. The number of methoxy groups -OCH3 is 1. The molecule has 0 fully saturated rings. The molecule has 0 bridgehead atoms. The van der Waals surface area contributed by atoms with Crippen molar-refractivity contribution in [3.8, 4) is 0 Å². The number of aromatic amines is 1. The van der Waals surface area contributed by atoms with Crippen molar-refractivity contribution in [2.75, 3.05) is 33.0 Å². The molecule has 1 aromatic heterocycles. The summed E-state index contributed by atoms with van der Waals surface area (Å²) in [5.74, 6) is -0.00652. The number of amides is 1. The second-order valence-corrected chi connectivity index (χ2v) is 4.58. The van der Waals surface area contributed by atoms with Gasteiger partial charge in [-0.15, -0.1) is 0 Å². The number of nitrogens with one attached hydrogen (secondary N) is 1. The molecule has 0 spiro atoms. The molecule has 2 aromatic rings. The van der Waals surface area contributed by atoms with Crippen LogP contribution >= 0.6 is 0 Å². The highest BCUT2D eigenvalue weighted by molar-refractivity contribution is 6.07. The number of anilines is 1. The molecule has 2 rings (SSSR count). The number of nitrogens with zero attached hydrogens (tertiary/aromatic N) is 1. The minimum atomic E-state index is -0.00652. The average molecular weight is 261 g/mol. The molecule has 19 heavy (non-hydrogen) atoms. The molecule has 5 heteroatoms. The van der Waals surface area contributed by atoms with Gasteiger partial charge in [0.2, 0.25) is 0 Å². The van der Waals surface area contributed by atoms with Gasteiger partial charge in [0, 0.05) is 50.1 Å². The number of fused-ring (bicyclic) bond motifs is 1. The molecule has 0 radical (unpaired) electrons. The molecule has 5 nitrogen and oxygen atoms in total. The molecule has 0 aliphatic heterocycles. The topological polar surface area (TPSA) is 71.3 Å². The van der Waals surface area contributed by atoms with Gasteiger partial charge < -0.3 is 20.4 Å². The van der Waals surface area contributed by atoms with Crippen LogP contribution in [0.3, 0.4) is 0 Å². The van der Waals surface area contributed by atoms with Gasteiger partial charge in [0.1, 0.15) is 0 Å². The van der Waals surface area contributed by atoms with E-state index >= 15 is 0 Å². The smallest absolute Gasteiger partial charge is 0.255 e. The van der Waals surface area contributed by atoms with Gasteiger partial charge in [-0.25, -0.2) is 0 Å². The molecule has 0 aliphatic carbocycles. The van der Waals surface area contributed by atoms with Crippen molar-refractivity contribution < 1.29 is 9.53 Å². The molecule has 0 atom stereocenters. The molecule has 0 aliphatic rings. The van der Waals surface area contributed by atoms with Crippen LogP contribution in [0.2, 0.25) is 0 Å². The lowest BCUT2D eigenvalue weighted by atomic mass is 10.1. The highest BCUT2D eigenvalue weighted by Gasteiger charge is 2.15. The van der Waals surface area contributed by atoms with E-state index in [0.29, 0.717) is 24.4 Å². The Kier molecular flexibility index (Phi) is 4.06. The van der Waals surface area contributed by atoms with Crippen LogP contribution < -0.4 is 5.73 Å². The molecule has 0 saturated carbocycles. The predicted molar refractivity (Wildman–Crippen MR) is 76.2 cm³/mol. The maximum atomic E-state index is 12.3. The van der Waals surface area contributed by atoms with Crippen LogP contribution in [0.5, 0.6) is 0 Å². The van der Waals surface area contributed by atoms with Crippen molar-refractivity contribution in [2.24, 2.45) is 0 Å². The van der Waals surface area contributed by atoms with E-state index in [1.165, 1.54) is 0 Å². The summed E-state index contributed by atoms with van der Waals surface area (Å²) in [5.41, 5.74) is 8.00.